The van der Waals surface area contributed by atoms with E-state index in [9.17, 15) is 24.3 Å². The lowest BCUT2D eigenvalue weighted by molar-refractivity contribution is -0.147. The first-order valence-electron chi connectivity index (χ1n) is 13.9. The Morgan fingerprint density at radius 1 is 0.786 bits per heavy atom. The highest BCUT2D eigenvalue weighted by Gasteiger charge is 2.34. The normalized spacial score (nSPS) is 13.7. The number of carboxylic acid groups (broad SMARTS) is 1. The Morgan fingerprint density at radius 2 is 1.36 bits per heavy atom. The van der Waals surface area contributed by atoms with E-state index in [0.29, 0.717) is 0 Å². The molecule has 3 aromatic carbocycles. The molecule has 1 aliphatic rings. The first-order chi connectivity index (χ1) is 20.0. The zero-order chi connectivity index (χ0) is 30.3. The van der Waals surface area contributed by atoms with Crippen LogP contribution in [0.15, 0.2) is 78.9 Å². The summed E-state index contributed by atoms with van der Waals surface area (Å²) in [4.78, 5) is 50.5. The Bertz CT molecular complexity index is 1390. The van der Waals surface area contributed by atoms with E-state index in [1.807, 2.05) is 66.7 Å². The number of carbonyl (C=O) groups is 4. The lowest BCUT2D eigenvalue weighted by Gasteiger charge is -2.31. The maximum Gasteiger partial charge on any atom is 0.407 e. The number of carbonyl (C=O) groups excluding carboxylic acids is 3. The maximum absolute atomic E-state index is 13.3. The van der Waals surface area contributed by atoms with Crippen LogP contribution in [0.25, 0.3) is 11.1 Å². The van der Waals surface area contributed by atoms with E-state index in [0.717, 1.165) is 27.8 Å². The monoisotopic (exact) mass is 572 g/mol. The Hall–Kier alpha value is -4.66. The minimum absolute atomic E-state index is 0.00257. The minimum atomic E-state index is -1.34. The molecule has 2 atom stereocenters. The number of rotatable bonds is 11. The Labute approximate surface area is 245 Å². The van der Waals surface area contributed by atoms with Gasteiger partial charge in [0.15, 0.2) is 0 Å². The molecular formula is C33H36N2O7. The van der Waals surface area contributed by atoms with Crippen molar-refractivity contribution in [3.63, 3.8) is 0 Å². The topological polar surface area (TPSA) is 131 Å². The molecule has 220 valence electrons. The second kappa shape index (κ2) is 13.3. The molecule has 0 saturated heterocycles. The van der Waals surface area contributed by atoms with Crippen LogP contribution in [0.2, 0.25) is 0 Å². The molecular weight excluding hydrogens is 536 g/mol. The number of amides is 2. The van der Waals surface area contributed by atoms with Crippen molar-refractivity contribution in [1.29, 1.82) is 0 Å². The number of hydrogen-bond acceptors (Lipinski definition) is 6. The molecule has 3 N–H and O–H groups in total. The summed E-state index contributed by atoms with van der Waals surface area (Å²) in [5, 5.41) is 14.6. The molecule has 0 saturated carbocycles. The van der Waals surface area contributed by atoms with Crippen LogP contribution in [0, 0.1) is 5.41 Å². The number of alkyl carbamates (subject to hydrolysis) is 1. The number of hydrogen-bond donors (Lipinski definition) is 3. The van der Waals surface area contributed by atoms with Gasteiger partial charge < -0.3 is 25.2 Å². The van der Waals surface area contributed by atoms with Crippen molar-refractivity contribution in [2.75, 3.05) is 6.61 Å². The standard InChI is InChI=1S/C33H36N2O7/c1-33(2,3)28(18-29(36)37)35-31(39)27(17-30(38)41-19-21-11-5-4-6-12-21)34-32(40)42-20-26-24-15-9-7-13-22(24)23-14-8-10-16-25(23)26/h4-16,26-28H,17-20H2,1-3H3,(H,34,40)(H,35,39)(H,36,37)/t27-,28?/m0/s1. The molecule has 0 aliphatic heterocycles. The van der Waals surface area contributed by atoms with Crippen LogP contribution in [0.3, 0.4) is 0 Å². The van der Waals surface area contributed by atoms with Crippen LogP contribution < -0.4 is 10.6 Å². The second-order valence-corrected chi connectivity index (χ2v) is 11.4. The molecule has 0 aromatic heterocycles. The van der Waals surface area contributed by atoms with Crippen molar-refractivity contribution in [3.8, 4) is 11.1 Å². The van der Waals surface area contributed by atoms with Gasteiger partial charge in [0.2, 0.25) is 5.91 Å². The van der Waals surface area contributed by atoms with Gasteiger partial charge in [0.1, 0.15) is 19.3 Å². The van der Waals surface area contributed by atoms with E-state index in [1.54, 1.807) is 32.9 Å². The summed E-state index contributed by atoms with van der Waals surface area (Å²) >= 11 is 0. The summed E-state index contributed by atoms with van der Waals surface area (Å²) in [6, 6.07) is 22.8. The predicted octanol–water partition coefficient (Wildman–Crippen LogP) is 5.03. The van der Waals surface area contributed by atoms with Gasteiger partial charge in [-0.3, -0.25) is 14.4 Å². The molecule has 3 aromatic rings. The molecule has 4 rings (SSSR count). The van der Waals surface area contributed by atoms with Crippen LogP contribution in [-0.4, -0.2) is 47.7 Å². The van der Waals surface area contributed by atoms with E-state index < -0.39 is 47.9 Å². The first kappa shape index (κ1) is 30.3. The summed E-state index contributed by atoms with van der Waals surface area (Å²) in [5.41, 5.74) is 4.39. The maximum atomic E-state index is 13.3. The molecule has 0 spiro atoms. The third kappa shape index (κ3) is 7.75. The highest BCUT2D eigenvalue weighted by molar-refractivity contribution is 5.90. The number of ether oxygens (including phenoxy) is 2. The van der Waals surface area contributed by atoms with Gasteiger partial charge in [-0.05, 0) is 33.2 Å². The molecule has 42 heavy (non-hydrogen) atoms. The van der Waals surface area contributed by atoms with Crippen molar-refractivity contribution in [2.24, 2.45) is 5.41 Å². The summed E-state index contributed by atoms with van der Waals surface area (Å²) in [6.45, 7) is 5.41. The molecule has 0 bridgehead atoms. The van der Waals surface area contributed by atoms with Crippen LogP contribution in [0.5, 0.6) is 0 Å². The van der Waals surface area contributed by atoms with Crippen LogP contribution >= 0.6 is 0 Å². The van der Waals surface area contributed by atoms with Gasteiger partial charge >= 0.3 is 18.0 Å². The van der Waals surface area contributed by atoms with Crippen molar-refractivity contribution < 1.29 is 33.8 Å². The number of nitrogens with one attached hydrogen (secondary N) is 2. The predicted molar refractivity (Wildman–Crippen MR) is 156 cm³/mol. The van der Waals surface area contributed by atoms with Gasteiger partial charge in [-0.2, -0.15) is 0 Å². The van der Waals surface area contributed by atoms with Gasteiger partial charge in [0.25, 0.3) is 0 Å². The molecule has 0 heterocycles. The van der Waals surface area contributed by atoms with E-state index in [2.05, 4.69) is 10.6 Å². The van der Waals surface area contributed by atoms with Crippen LogP contribution in [-0.2, 0) is 30.5 Å². The SMILES string of the molecule is CC(C)(C)C(CC(=O)O)NC(=O)[C@H](CC(=O)OCc1ccccc1)NC(=O)OCC1c2ccccc2-c2ccccc21. The first-order valence-corrected chi connectivity index (χ1v) is 13.9. The summed E-state index contributed by atoms with van der Waals surface area (Å²) < 4.78 is 10.9. The molecule has 1 unspecified atom stereocenters. The molecule has 2 amide bonds. The number of carboxylic acids is 1. The lowest BCUT2D eigenvalue weighted by Crippen LogP contribution is -2.54. The van der Waals surface area contributed by atoms with E-state index in [1.165, 1.54) is 0 Å². The van der Waals surface area contributed by atoms with Gasteiger partial charge in [0, 0.05) is 12.0 Å². The number of fused-ring (bicyclic) bond motifs is 3. The fraction of sp³-hybridized carbons (Fsp3) is 0.333. The molecule has 0 radical (unpaired) electrons. The zero-order valence-corrected chi connectivity index (χ0v) is 24.0. The van der Waals surface area contributed by atoms with Crippen molar-refractivity contribution >= 4 is 23.9 Å². The smallest absolute Gasteiger partial charge is 0.407 e. The second-order valence-electron chi connectivity index (χ2n) is 11.4. The Balaban J connectivity index is 1.45. The van der Waals surface area contributed by atoms with Crippen LogP contribution in [0.4, 0.5) is 4.79 Å². The lowest BCUT2D eigenvalue weighted by atomic mass is 9.84. The third-order valence-corrected chi connectivity index (χ3v) is 7.31. The third-order valence-electron chi connectivity index (χ3n) is 7.31. The van der Waals surface area contributed by atoms with Crippen molar-refractivity contribution in [2.45, 2.75) is 58.2 Å². The largest absolute Gasteiger partial charge is 0.481 e. The molecule has 0 fully saturated rings. The van der Waals surface area contributed by atoms with E-state index >= 15 is 0 Å². The summed E-state index contributed by atoms with van der Waals surface area (Å²) in [5.74, 6) is -2.68. The average Bonchev–Trinajstić information content (AvgIpc) is 3.27. The van der Waals surface area contributed by atoms with Gasteiger partial charge in [-0.15, -0.1) is 0 Å². The summed E-state index contributed by atoms with van der Waals surface area (Å²) in [6.07, 6.45) is -1.67. The Kier molecular flexibility index (Phi) is 9.62. The van der Waals surface area contributed by atoms with E-state index in [4.69, 9.17) is 9.47 Å². The number of aliphatic carboxylic acids is 1. The average molecular weight is 573 g/mol. The molecule has 9 heteroatoms. The van der Waals surface area contributed by atoms with Gasteiger partial charge in [-0.1, -0.05) is 99.6 Å². The molecule has 9 nitrogen and oxygen atoms in total. The van der Waals surface area contributed by atoms with Crippen molar-refractivity contribution in [1.82, 2.24) is 10.6 Å². The fourth-order valence-corrected chi connectivity index (χ4v) is 4.98. The quantitative estimate of drug-likeness (QED) is 0.275. The summed E-state index contributed by atoms with van der Waals surface area (Å²) in [7, 11) is 0. The Morgan fingerprint density at radius 3 is 1.93 bits per heavy atom. The van der Waals surface area contributed by atoms with Crippen molar-refractivity contribution in [3.05, 3.63) is 95.6 Å². The highest BCUT2D eigenvalue weighted by atomic mass is 16.5. The number of benzene rings is 3. The van der Waals surface area contributed by atoms with E-state index in [-0.39, 0.29) is 25.6 Å². The molecule has 1 aliphatic carbocycles. The van der Waals surface area contributed by atoms with Crippen LogP contribution in [0.1, 0.15) is 56.2 Å². The van der Waals surface area contributed by atoms with Gasteiger partial charge in [0.05, 0.1) is 12.8 Å². The zero-order valence-electron chi connectivity index (χ0n) is 24.0. The highest BCUT2D eigenvalue weighted by Crippen LogP contribution is 2.44. The minimum Gasteiger partial charge on any atom is -0.481 e. The van der Waals surface area contributed by atoms with Gasteiger partial charge in [-0.25, -0.2) is 4.79 Å². The number of esters is 1. The fourth-order valence-electron chi connectivity index (χ4n) is 4.98.